The number of fused-ring (bicyclic) bond motifs is 3. The van der Waals surface area contributed by atoms with Crippen molar-refractivity contribution in [2.24, 2.45) is 0 Å². The van der Waals surface area contributed by atoms with E-state index in [2.05, 4.69) is 91.3 Å². The SMILES string of the molecule is Cc1nnc2n1-c1ccccc1N(CCCN1CCC(=C(c3ccccc3)c3ccc(Cl)cc3)CC1)C2. The average Bonchev–Trinajstić information content (AvgIpc) is 3.32. The van der Waals surface area contributed by atoms with E-state index in [1.165, 1.54) is 28.1 Å². The highest BCUT2D eigenvalue weighted by atomic mass is 35.5. The zero-order chi connectivity index (χ0) is 25.2. The molecule has 0 atom stereocenters. The zero-order valence-corrected chi connectivity index (χ0v) is 22.0. The van der Waals surface area contributed by atoms with Crippen molar-refractivity contribution < 1.29 is 0 Å². The van der Waals surface area contributed by atoms with E-state index in [9.17, 15) is 0 Å². The summed E-state index contributed by atoms with van der Waals surface area (Å²) in [7, 11) is 0. The molecule has 1 fully saturated rings. The fraction of sp³-hybridized carbons (Fsp3) is 0.290. The molecular formula is C31H32ClN5. The minimum Gasteiger partial charge on any atom is -0.362 e. The third-order valence-corrected chi connectivity index (χ3v) is 7.85. The normalized spacial score (nSPS) is 15.4. The molecule has 0 bridgehead atoms. The van der Waals surface area contributed by atoms with Crippen LogP contribution in [0.5, 0.6) is 0 Å². The molecule has 0 aliphatic carbocycles. The van der Waals surface area contributed by atoms with Crippen LogP contribution in [0.25, 0.3) is 11.3 Å². The van der Waals surface area contributed by atoms with Crippen LogP contribution in [-0.4, -0.2) is 45.8 Å². The van der Waals surface area contributed by atoms with E-state index in [0.717, 1.165) is 68.7 Å². The van der Waals surface area contributed by atoms with E-state index in [1.807, 2.05) is 19.1 Å². The second-order valence-electron chi connectivity index (χ2n) is 9.96. The Balaban J connectivity index is 1.11. The molecule has 3 aromatic carbocycles. The predicted octanol–water partition coefficient (Wildman–Crippen LogP) is 6.54. The molecule has 2 aliphatic heterocycles. The number of hydrogen-bond acceptors (Lipinski definition) is 4. The first kappa shape index (κ1) is 24.0. The van der Waals surface area contributed by atoms with E-state index in [0.29, 0.717) is 0 Å². The molecule has 2 aliphatic rings. The van der Waals surface area contributed by atoms with Gasteiger partial charge >= 0.3 is 0 Å². The third kappa shape index (κ3) is 4.94. The number of para-hydroxylation sites is 2. The molecule has 37 heavy (non-hydrogen) atoms. The van der Waals surface area contributed by atoms with E-state index < -0.39 is 0 Å². The smallest absolute Gasteiger partial charge is 0.157 e. The number of aromatic nitrogens is 3. The van der Waals surface area contributed by atoms with Gasteiger partial charge in [0.15, 0.2) is 5.82 Å². The Morgan fingerprint density at radius 3 is 2.22 bits per heavy atom. The number of piperidine rings is 1. The molecule has 4 aromatic rings. The van der Waals surface area contributed by atoms with Crippen LogP contribution in [-0.2, 0) is 6.54 Å². The van der Waals surface area contributed by atoms with Crippen LogP contribution in [0.4, 0.5) is 5.69 Å². The first-order chi connectivity index (χ1) is 18.2. The highest BCUT2D eigenvalue weighted by molar-refractivity contribution is 6.30. The summed E-state index contributed by atoms with van der Waals surface area (Å²) < 4.78 is 2.19. The van der Waals surface area contributed by atoms with Crippen molar-refractivity contribution in [1.82, 2.24) is 19.7 Å². The van der Waals surface area contributed by atoms with Gasteiger partial charge in [-0.3, -0.25) is 4.57 Å². The molecule has 6 rings (SSSR count). The van der Waals surface area contributed by atoms with Crippen molar-refractivity contribution in [3.05, 3.63) is 112 Å². The van der Waals surface area contributed by atoms with Gasteiger partial charge in [-0.1, -0.05) is 71.8 Å². The van der Waals surface area contributed by atoms with Gasteiger partial charge in [0.05, 0.1) is 17.9 Å². The zero-order valence-electron chi connectivity index (χ0n) is 21.3. The number of aryl methyl sites for hydroxylation is 1. The van der Waals surface area contributed by atoms with E-state index >= 15 is 0 Å². The van der Waals surface area contributed by atoms with Crippen LogP contribution in [0.15, 0.2) is 84.4 Å². The number of likely N-dealkylation sites (tertiary alicyclic amines) is 1. The Labute approximate surface area is 224 Å². The molecule has 0 unspecified atom stereocenters. The molecule has 1 aromatic heterocycles. The molecular weight excluding hydrogens is 478 g/mol. The molecule has 1 saturated heterocycles. The van der Waals surface area contributed by atoms with Gasteiger partial charge in [0, 0.05) is 24.7 Å². The highest BCUT2D eigenvalue weighted by Crippen LogP contribution is 2.34. The molecule has 0 radical (unpaired) electrons. The minimum atomic E-state index is 0.780. The number of benzene rings is 3. The van der Waals surface area contributed by atoms with Gasteiger partial charge in [-0.15, -0.1) is 10.2 Å². The van der Waals surface area contributed by atoms with Crippen LogP contribution >= 0.6 is 11.6 Å². The summed E-state index contributed by atoms with van der Waals surface area (Å²) in [5, 5.41) is 9.53. The largest absolute Gasteiger partial charge is 0.362 e. The van der Waals surface area contributed by atoms with Gasteiger partial charge < -0.3 is 9.80 Å². The summed E-state index contributed by atoms with van der Waals surface area (Å²) in [5.74, 6) is 1.98. The maximum absolute atomic E-state index is 6.19. The van der Waals surface area contributed by atoms with Crippen LogP contribution in [0.3, 0.4) is 0 Å². The second kappa shape index (κ2) is 10.5. The minimum absolute atomic E-state index is 0.780. The quantitative estimate of drug-likeness (QED) is 0.296. The standard InChI is InChI=1S/C31H32ClN5/c1-23-33-34-30-22-36(28-10-5-6-11-29(28)37(23)30)19-7-18-35-20-16-26(17-21-35)31(24-8-3-2-4-9-24)25-12-14-27(32)15-13-25/h2-6,8-15H,7,16-22H2,1H3. The van der Waals surface area contributed by atoms with Crippen molar-refractivity contribution in [2.45, 2.75) is 32.7 Å². The van der Waals surface area contributed by atoms with Crippen molar-refractivity contribution in [3.8, 4) is 5.69 Å². The first-order valence-corrected chi connectivity index (χ1v) is 13.6. The number of halogens is 1. The van der Waals surface area contributed by atoms with Crippen molar-refractivity contribution in [1.29, 1.82) is 0 Å². The molecule has 0 N–H and O–H groups in total. The van der Waals surface area contributed by atoms with Crippen LogP contribution in [0.1, 0.15) is 42.0 Å². The van der Waals surface area contributed by atoms with Gasteiger partial charge in [0.2, 0.25) is 0 Å². The van der Waals surface area contributed by atoms with Crippen molar-refractivity contribution in [2.75, 3.05) is 31.1 Å². The fourth-order valence-corrected chi connectivity index (χ4v) is 5.90. The molecule has 0 spiro atoms. The van der Waals surface area contributed by atoms with Crippen LogP contribution in [0, 0.1) is 6.92 Å². The van der Waals surface area contributed by atoms with Crippen molar-refractivity contribution >= 4 is 22.9 Å². The van der Waals surface area contributed by atoms with Gasteiger partial charge in [-0.2, -0.15) is 0 Å². The Bertz CT molecular complexity index is 1400. The maximum Gasteiger partial charge on any atom is 0.157 e. The lowest BCUT2D eigenvalue weighted by Crippen LogP contribution is -2.35. The topological polar surface area (TPSA) is 37.2 Å². The third-order valence-electron chi connectivity index (χ3n) is 7.60. The lowest BCUT2D eigenvalue weighted by molar-refractivity contribution is 0.254. The molecule has 188 valence electrons. The molecule has 5 nitrogen and oxygen atoms in total. The lowest BCUT2D eigenvalue weighted by atomic mass is 9.88. The first-order valence-electron chi connectivity index (χ1n) is 13.2. The summed E-state index contributed by atoms with van der Waals surface area (Å²) in [5.41, 5.74) is 7.93. The van der Waals surface area contributed by atoms with Gasteiger partial charge in [0.25, 0.3) is 0 Å². The Hall–Kier alpha value is -3.41. The van der Waals surface area contributed by atoms with Crippen LogP contribution in [0.2, 0.25) is 5.02 Å². The summed E-state index contributed by atoms with van der Waals surface area (Å²) >= 11 is 6.19. The average molecular weight is 510 g/mol. The lowest BCUT2D eigenvalue weighted by Gasteiger charge is -2.33. The summed E-state index contributed by atoms with van der Waals surface area (Å²) in [6.45, 7) is 7.17. The van der Waals surface area contributed by atoms with Gasteiger partial charge in [-0.05, 0) is 73.7 Å². The number of rotatable bonds is 6. The number of nitrogens with zero attached hydrogens (tertiary/aromatic N) is 5. The van der Waals surface area contributed by atoms with E-state index in [-0.39, 0.29) is 0 Å². The fourth-order valence-electron chi connectivity index (χ4n) is 5.78. The molecule has 0 saturated carbocycles. The summed E-state index contributed by atoms with van der Waals surface area (Å²) in [4.78, 5) is 5.08. The maximum atomic E-state index is 6.19. The monoisotopic (exact) mass is 509 g/mol. The molecule has 0 amide bonds. The van der Waals surface area contributed by atoms with E-state index in [1.54, 1.807) is 5.57 Å². The Kier molecular flexibility index (Phi) is 6.81. The van der Waals surface area contributed by atoms with Gasteiger partial charge in [0.1, 0.15) is 5.82 Å². The number of anilines is 1. The van der Waals surface area contributed by atoms with Gasteiger partial charge in [-0.25, -0.2) is 0 Å². The number of hydrogen-bond donors (Lipinski definition) is 0. The Morgan fingerprint density at radius 2 is 1.46 bits per heavy atom. The van der Waals surface area contributed by atoms with Crippen LogP contribution < -0.4 is 4.90 Å². The van der Waals surface area contributed by atoms with Crippen molar-refractivity contribution in [3.63, 3.8) is 0 Å². The second-order valence-corrected chi connectivity index (χ2v) is 10.4. The summed E-state index contributed by atoms with van der Waals surface area (Å²) in [6, 6.07) is 27.7. The summed E-state index contributed by atoms with van der Waals surface area (Å²) in [6.07, 6.45) is 3.33. The molecule has 3 heterocycles. The predicted molar refractivity (Wildman–Crippen MR) is 151 cm³/mol. The van der Waals surface area contributed by atoms with E-state index in [4.69, 9.17) is 11.6 Å². The Morgan fingerprint density at radius 1 is 0.784 bits per heavy atom. The highest BCUT2D eigenvalue weighted by Gasteiger charge is 2.25. The molecule has 6 heteroatoms.